The highest BCUT2D eigenvalue weighted by molar-refractivity contribution is 6.23. The van der Waals surface area contributed by atoms with E-state index in [9.17, 15) is 0 Å². The Balaban J connectivity index is 0.000000114. The third kappa shape index (κ3) is 12.0. The van der Waals surface area contributed by atoms with E-state index in [1.807, 2.05) is 96.7 Å². The molecule has 0 aliphatic carbocycles. The number of rotatable bonds is 5. The van der Waals surface area contributed by atoms with E-state index in [2.05, 4.69) is 279 Å². The highest BCUT2D eigenvalue weighted by Crippen LogP contribution is 2.44. The predicted molar refractivity (Wildman–Crippen MR) is 482 cm³/mol. The number of aromatic nitrogens is 8. The summed E-state index contributed by atoms with van der Waals surface area (Å²) in [5.41, 5.74) is 24.8. The van der Waals surface area contributed by atoms with Crippen LogP contribution in [0.2, 0.25) is 0 Å². The molecule has 8 heteroatoms. The average molecular weight is 1490 g/mol. The van der Waals surface area contributed by atoms with E-state index in [0.717, 1.165) is 87.8 Å². The van der Waals surface area contributed by atoms with Crippen molar-refractivity contribution >= 4 is 130 Å². The number of fused-ring (bicyclic) bond motifs is 18. The van der Waals surface area contributed by atoms with Gasteiger partial charge in [0.25, 0.3) is 0 Å². The minimum Gasteiger partial charge on any atom is -0.343 e. The largest absolute Gasteiger partial charge is 0.343 e. The van der Waals surface area contributed by atoms with Gasteiger partial charge in [0, 0.05) is 134 Å². The van der Waals surface area contributed by atoms with E-state index in [1.165, 1.54) is 110 Å². The van der Waals surface area contributed by atoms with Crippen LogP contribution in [0.5, 0.6) is 0 Å². The van der Waals surface area contributed by atoms with Crippen molar-refractivity contribution in [3.8, 4) is 56.2 Å². The van der Waals surface area contributed by atoms with Crippen molar-refractivity contribution in [3.63, 3.8) is 0 Å². The maximum absolute atomic E-state index is 8.22. The molecular weight excluding hydrogens is 1390 g/mol. The molecule has 0 saturated carbocycles. The van der Waals surface area contributed by atoms with Gasteiger partial charge in [0.15, 0.2) is 24.8 Å². The molecule has 0 fully saturated rings. The summed E-state index contributed by atoms with van der Waals surface area (Å²) in [7, 11) is 16.2. The predicted octanol–water partition coefficient (Wildman–Crippen LogP) is 24.0. The number of pyridine rings is 4. The lowest BCUT2D eigenvalue weighted by atomic mass is 9.97. The highest BCUT2D eigenvalue weighted by Gasteiger charge is 2.29. The lowest BCUT2D eigenvalue weighted by Gasteiger charge is -2.09. The number of aryl methyl sites for hydroxylation is 16. The molecule has 0 N–H and O–H groups in total. The van der Waals surface area contributed by atoms with E-state index in [-0.39, 0.29) is 22.3 Å². The SMILES string of the molecule is Cc1ccccc1-c1c2c3ccc4ccc(-c5ccccc5)cc4c3n(C)c2cc[n+]1C.Cc1ccccc1-c1c2c3ccc4ccccc4c3n(C)c2cc[n+]1C.[2H]C([2H])([2H])c1ccc(-c2c3c4cc5ccccc5cc4n(C)c3c(C([2H])([2H])[2H])c[n+]2C)c(C)c1.[2H]C([2H])([2H])c1ccc(-c2c3c4cc5ccccc5cc4n(C)c3c(C([2H])([2H])[2H])c[n+]2C)c(C)c1. The van der Waals surface area contributed by atoms with E-state index in [1.54, 1.807) is 36.7 Å². The first kappa shape index (κ1) is 59.5. The monoisotopic (exact) mass is 1490 g/mol. The van der Waals surface area contributed by atoms with Crippen LogP contribution in [0.1, 0.15) is 61.0 Å². The molecule has 0 saturated heterocycles. The fraction of sp³-hybridized carbons (Fsp3) is 0.151. The molecule has 13 aromatic carbocycles. The molecule has 0 unspecified atom stereocenters. The van der Waals surface area contributed by atoms with Crippen molar-refractivity contribution in [2.24, 2.45) is 56.4 Å². The van der Waals surface area contributed by atoms with Crippen LogP contribution in [-0.2, 0) is 56.4 Å². The second-order valence-electron chi connectivity index (χ2n) is 30.8. The Morgan fingerprint density at radius 3 is 1.09 bits per heavy atom. The molecule has 0 bridgehead atoms. The summed E-state index contributed by atoms with van der Waals surface area (Å²) in [6, 6.07) is 91.9. The maximum Gasteiger partial charge on any atom is 0.222 e. The van der Waals surface area contributed by atoms with Gasteiger partial charge in [-0.3, -0.25) is 0 Å². The molecule has 21 rings (SSSR count). The average Bonchev–Trinajstić information content (AvgIpc) is 1.55. The van der Waals surface area contributed by atoms with Crippen molar-refractivity contribution < 1.29 is 34.7 Å². The molecule has 114 heavy (non-hydrogen) atoms. The molecule has 0 spiro atoms. The first-order chi connectivity index (χ1) is 60.0. The van der Waals surface area contributed by atoms with E-state index >= 15 is 0 Å². The molecule has 0 aliphatic heterocycles. The minimum absolute atomic E-state index is 0.285. The summed E-state index contributed by atoms with van der Waals surface area (Å²) in [6.45, 7) is -0.792. The van der Waals surface area contributed by atoms with E-state index in [4.69, 9.17) is 16.4 Å². The molecule has 8 heterocycles. The summed E-state index contributed by atoms with van der Waals surface area (Å²) >= 11 is 0. The van der Waals surface area contributed by atoms with Gasteiger partial charge in [0.1, 0.15) is 28.2 Å². The van der Waals surface area contributed by atoms with Gasteiger partial charge in [-0.05, 0) is 175 Å². The third-order valence-electron chi connectivity index (χ3n) is 23.8. The smallest absolute Gasteiger partial charge is 0.222 e. The fourth-order valence-electron chi connectivity index (χ4n) is 18.3. The van der Waals surface area contributed by atoms with Gasteiger partial charge in [-0.1, -0.05) is 211 Å². The lowest BCUT2D eigenvalue weighted by Crippen LogP contribution is -2.31. The van der Waals surface area contributed by atoms with Gasteiger partial charge in [-0.15, -0.1) is 0 Å². The van der Waals surface area contributed by atoms with Gasteiger partial charge < -0.3 is 18.3 Å². The number of benzene rings is 13. The van der Waals surface area contributed by atoms with Crippen molar-refractivity contribution in [3.05, 3.63) is 336 Å². The second-order valence-corrected chi connectivity index (χ2v) is 30.8. The molecule has 8 aromatic heterocycles. The third-order valence-corrected chi connectivity index (χ3v) is 23.8. The quantitative estimate of drug-likeness (QED) is 0.154. The first-order valence-corrected chi connectivity index (χ1v) is 38.8. The Hall–Kier alpha value is -13.3. The van der Waals surface area contributed by atoms with Crippen molar-refractivity contribution in [1.29, 1.82) is 0 Å². The number of nitrogens with zero attached hydrogens (tertiary/aromatic N) is 8. The van der Waals surface area contributed by atoms with E-state index in [0.29, 0.717) is 11.0 Å². The summed E-state index contributed by atoms with van der Waals surface area (Å²) in [6.07, 6.45) is 7.71. The molecular formula is C106H96N8+4. The summed E-state index contributed by atoms with van der Waals surface area (Å²) in [5.74, 6) is 0. The van der Waals surface area contributed by atoms with Crippen LogP contribution in [-0.4, -0.2) is 18.3 Å². The van der Waals surface area contributed by atoms with Crippen LogP contribution >= 0.6 is 0 Å². The van der Waals surface area contributed by atoms with Gasteiger partial charge in [0.05, 0.1) is 54.6 Å². The van der Waals surface area contributed by atoms with Gasteiger partial charge in [0.2, 0.25) is 22.8 Å². The number of hydrogen-bond donors (Lipinski definition) is 0. The van der Waals surface area contributed by atoms with Crippen LogP contribution in [0.25, 0.3) is 186 Å². The minimum atomic E-state index is -2.30. The Morgan fingerprint density at radius 1 is 0.246 bits per heavy atom. The summed E-state index contributed by atoms with van der Waals surface area (Å²) in [4.78, 5) is 0. The Morgan fingerprint density at radius 2 is 0.632 bits per heavy atom. The van der Waals surface area contributed by atoms with Crippen LogP contribution in [0.4, 0.5) is 0 Å². The molecule has 8 nitrogen and oxygen atoms in total. The standard InChI is InChI=1S/C30H25N2.2C26H25N2.C24H21N2/c1-20-9-7-8-12-24(20)30-28-25-16-15-22-13-14-23(21-10-5-4-6-11-21)19-26(22)29(25)32(3)27(28)17-18-31(30)2;2*1-16-10-11-21(17(2)12-16)26-24-22-13-19-8-6-7-9-20(19)14-23(22)28(5)25(24)18(3)15-27(26)4;1-16-8-4-6-10-18(16)24-22-20-13-12-17-9-5-7-11-19(17)23(20)26(3)21(22)14-15-25(24)2/h4-19H,1-3H3;2*6-15H,1-5H3;4-15H,1-3H3/q4*+1/i;2*1D3,3D3;. The topological polar surface area (TPSA) is 35.2 Å². The molecule has 0 radical (unpaired) electrons. The maximum atomic E-state index is 8.22. The number of hydrogen-bond acceptors (Lipinski definition) is 0. The molecule has 556 valence electrons. The normalized spacial score (nSPS) is 13.7. The van der Waals surface area contributed by atoms with Crippen LogP contribution in [0, 0.1) is 55.1 Å². The zero-order valence-corrected chi connectivity index (χ0v) is 66.3. The molecule has 0 atom stereocenters. The summed E-state index contributed by atoms with van der Waals surface area (Å²) in [5, 5.41) is 18.4. The highest BCUT2D eigenvalue weighted by atomic mass is 15.0. The van der Waals surface area contributed by atoms with Crippen LogP contribution < -0.4 is 18.3 Å². The zero-order chi connectivity index (χ0) is 88.8. The Kier molecular flexibility index (Phi) is 14.9. The van der Waals surface area contributed by atoms with Gasteiger partial charge in [-0.25, -0.2) is 18.3 Å². The van der Waals surface area contributed by atoms with Gasteiger partial charge in [-0.2, -0.15) is 0 Å². The van der Waals surface area contributed by atoms with Crippen LogP contribution in [0.3, 0.4) is 0 Å². The first-order valence-electron chi connectivity index (χ1n) is 44.8. The Labute approximate surface area is 683 Å². The van der Waals surface area contributed by atoms with Crippen molar-refractivity contribution in [2.45, 2.75) is 55.1 Å². The van der Waals surface area contributed by atoms with Crippen LogP contribution in [0.15, 0.2) is 292 Å². The van der Waals surface area contributed by atoms with Gasteiger partial charge >= 0.3 is 0 Å². The molecule has 21 aromatic rings. The molecule has 0 amide bonds. The Bertz CT molecular complexity index is 7810. The second kappa shape index (κ2) is 28.5. The molecule has 0 aliphatic rings. The fourth-order valence-corrected chi connectivity index (χ4v) is 18.3. The van der Waals surface area contributed by atoms with Crippen molar-refractivity contribution in [1.82, 2.24) is 18.3 Å². The summed E-state index contributed by atoms with van der Waals surface area (Å²) < 4.78 is 113. The zero-order valence-electron chi connectivity index (χ0n) is 78.3. The lowest BCUT2D eigenvalue weighted by molar-refractivity contribution is -0.659. The van der Waals surface area contributed by atoms with E-state index < -0.39 is 27.4 Å². The van der Waals surface area contributed by atoms with Crippen molar-refractivity contribution in [2.75, 3.05) is 0 Å².